The fourth-order valence-electron chi connectivity index (χ4n) is 3.04. The van der Waals surface area contributed by atoms with E-state index >= 15 is 0 Å². The lowest BCUT2D eigenvalue weighted by molar-refractivity contribution is -0.208. The highest BCUT2D eigenvalue weighted by Crippen LogP contribution is 2.21. The molecule has 0 radical (unpaired) electrons. The molecule has 13 heteroatoms. The van der Waals surface area contributed by atoms with Crippen molar-refractivity contribution in [2.45, 2.75) is 70.2 Å². The molecule has 0 spiro atoms. The van der Waals surface area contributed by atoms with E-state index in [1.54, 1.807) is 0 Å². The third-order valence-corrected chi connectivity index (χ3v) is 4.63. The van der Waals surface area contributed by atoms with Crippen LogP contribution in [-0.2, 0) is 33.4 Å². The van der Waals surface area contributed by atoms with Crippen molar-refractivity contribution in [1.82, 2.24) is 21.3 Å². The minimum atomic E-state index is -1.57. The van der Waals surface area contributed by atoms with Crippen molar-refractivity contribution in [2.24, 2.45) is 0 Å². The molecule has 6 atom stereocenters. The molecule has 6 N–H and O–H groups in total. The maximum absolute atomic E-state index is 12.7. The van der Waals surface area contributed by atoms with E-state index in [-0.39, 0.29) is 0 Å². The van der Waals surface area contributed by atoms with Gasteiger partial charge in [0.2, 0.25) is 23.6 Å². The van der Waals surface area contributed by atoms with Gasteiger partial charge in [-0.3, -0.25) is 24.0 Å². The molecule has 0 aliphatic carbocycles. The predicted molar refractivity (Wildman–Crippen MR) is 113 cm³/mol. The molecule has 1 heterocycles. The van der Waals surface area contributed by atoms with Crippen molar-refractivity contribution in [3.8, 4) is 0 Å². The summed E-state index contributed by atoms with van der Waals surface area (Å²) in [6, 6.07) is -2.47. The molecule has 0 aromatic carbocycles. The molecular weight excluding hydrogens is 440 g/mol. The normalized spacial score (nSPS) is 25.2. The van der Waals surface area contributed by atoms with Crippen LogP contribution >= 0.6 is 0 Å². The molecular formula is C20H32N4O9. The second-order valence-electron chi connectivity index (χ2n) is 7.43. The number of amides is 4. The predicted octanol–water partition coefficient (Wildman–Crippen LogP) is -2.80. The molecule has 4 amide bonds. The van der Waals surface area contributed by atoms with Gasteiger partial charge in [0, 0.05) is 20.4 Å². The highest BCUT2D eigenvalue weighted by molar-refractivity contribution is 5.95. The molecule has 1 saturated heterocycles. The van der Waals surface area contributed by atoms with E-state index in [1.165, 1.54) is 6.92 Å². The van der Waals surface area contributed by atoms with Crippen LogP contribution in [0.2, 0.25) is 0 Å². The summed E-state index contributed by atoms with van der Waals surface area (Å²) >= 11 is 0. The van der Waals surface area contributed by atoms with Crippen molar-refractivity contribution in [1.29, 1.82) is 0 Å². The van der Waals surface area contributed by atoms with Gasteiger partial charge in [-0.15, -0.1) is 0 Å². The Labute approximate surface area is 191 Å². The quantitative estimate of drug-likeness (QED) is 0.136. The van der Waals surface area contributed by atoms with Gasteiger partial charge in [0.05, 0.1) is 6.42 Å². The van der Waals surface area contributed by atoms with Crippen molar-refractivity contribution in [3.63, 3.8) is 0 Å². The number of nitrogens with one attached hydrogen (secondary N) is 4. The summed E-state index contributed by atoms with van der Waals surface area (Å²) in [5, 5.41) is 30.5. The van der Waals surface area contributed by atoms with E-state index < -0.39 is 79.2 Å². The van der Waals surface area contributed by atoms with Crippen LogP contribution in [0.25, 0.3) is 0 Å². The molecule has 0 bridgehead atoms. The summed E-state index contributed by atoms with van der Waals surface area (Å²) in [6.07, 6.45) is -4.55. The van der Waals surface area contributed by atoms with Crippen LogP contribution < -0.4 is 21.3 Å². The van der Waals surface area contributed by atoms with Gasteiger partial charge >= 0.3 is 5.97 Å². The summed E-state index contributed by atoms with van der Waals surface area (Å²) in [7, 11) is 0. The number of hydrogen-bond donors (Lipinski definition) is 6. The number of carbonyl (C=O) groups excluding carboxylic acids is 5. The standard InChI is InChI=1S/C20H32N4O9/c1-5-7-21-19(31)12(23-14(27)6-2)8-15(28)24-20-16(22-10(3)25)18(30)17(29)13(33-20)9-32-11(4)26/h6,12-13,16-18,20,29-30H,2,5,7-9H2,1,3-4H3,(H,21,31)(H,22,25)(H,23,27)(H,24,28)/t12-,13+,16+,17+,18+,20+/m0/s1. The number of esters is 1. The Kier molecular flexibility index (Phi) is 11.5. The average Bonchev–Trinajstić information content (AvgIpc) is 2.75. The molecule has 1 fully saturated rings. The first-order valence-electron chi connectivity index (χ1n) is 10.4. The van der Waals surface area contributed by atoms with Gasteiger partial charge in [0.25, 0.3) is 0 Å². The van der Waals surface area contributed by atoms with E-state index in [9.17, 15) is 34.2 Å². The van der Waals surface area contributed by atoms with Crippen LogP contribution in [0.4, 0.5) is 0 Å². The van der Waals surface area contributed by atoms with E-state index in [0.29, 0.717) is 13.0 Å². The van der Waals surface area contributed by atoms with Gasteiger partial charge in [-0.25, -0.2) is 0 Å². The number of aliphatic hydroxyl groups excluding tert-OH is 2. The van der Waals surface area contributed by atoms with Crippen LogP contribution in [0.3, 0.4) is 0 Å². The first-order chi connectivity index (χ1) is 15.5. The molecule has 13 nitrogen and oxygen atoms in total. The Morgan fingerprint density at radius 1 is 1.12 bits per heavy atom. The van der Waals surface area contributed by atoms with Crippen LogP contribution in [-0.4, -0.2) is 89.6 Å². The van der Waals surface area contributed by atoms with Gasteiger partial charge < -0.3 is 41.0 Å². The molecule has 1 aliphatic heterocycles. The fraction of sp³-hybridized carbons (Fsp3) is 0.650. The highest BCUT2D eigenvalue weighted by atomic mass is 16.6. The summed E-state index contributed by atoms with van der Waals surface area (Å²) in [6.45, 7) is 7.37. The van der Waals surface area contributed by atoms with Crippen LogP contribution in [0.5, 0.6) is 0 Å². The molecule has 1 aliphatic rings. The number of ether oxygens (including phenoxy) is 2. The van der Waals surface area contributed by atoms with E-state index in [1.807, 2.05) is 6.92 Å². The zero-order valence-corrected chi connectivity index (χ0v) is 18.8. The Bertz CT molecular complexity index is 743. The maximum Gasteiger partial charge on any atom is 0.302 e. The number of rotatable bonds is 11. The third kappa shape index (κ3) is 9.16. The zero-order valence-electron chi connectivity index (χ0n) is 18.8. The highest BCUT2D eigenvalue weighted by Gasteiger charge is 2.46. The topological polar surface area (TPSA) is 192 Å². The third-order valence-electron chi connectivity index (χ3n) is 4.63. The first-order valence-corrected chi connectivity index (χ1v) is 10.4. The lowest BCUT2D eigenvalue weighted by Gasteiger charge is -2.43. The van der Waals surface area contributed by atoms with Crippen molar-refractivity contribution < 1.29 is 43.7 Å². The van der Waals surface area contributed by atoms with Crippen LogP contribution in [0.15, 0.2) is 12.7 Å². The molecule has 186 valence electrons. The van der Waals surface area contributed by atoms with Crippen LogP contribution in [0.1, 0.15) is 33.6 Å². The first kappa shape index (κ1) is 28.0. The van der Waals surface area contributed by atoms with Gasteiger partial charge in [0.15, 0.2) is 6.23 Å². The van der Waals surface area contributed by atoms with Gasteiger partial charge in [0.1, 0.15) is 37.0 Å². The Morgan fingerprint density at radius 2 is 1.79 bits per heavy atom. The average molecular weight is 472 g/mol. The summed E-state index contributed by atoms with van der Waals surface area (Å²) in [5.41, 5.74) is 0. The monoisotopic (exact) mass is 472 g/mol. The molecule has 0 unspecified atom stereocenters. The maximum atomic E-state index is 12.7. The number of carbonyl (C=O) groups is 5. The largest absolute Gasteiger partial charge is 0.463 e. The lowest BCUT2D eigenvalue weighted by Crippen LogP contribution is -2.68. The van der Waals surface area contributed by atoms with Crippen molar-refractivity contribution in [2.75, 3.05) is 13.2 Å². The van der Waals surface area contributed by atoms with Gasteiger partial charge in [-0.1, -0.05) is 13.5 Å². The molecule has 0 aromatic heterocycles. The molecule has 1 rings (SSSR count). The Hall–Kier alpha value is -3.03. The molecule has 33 heavy (non-hydrogen) atoms. The minimum absolute atomic E-state index is 0.333. The Balaban J connectivity index is 2.98. The van der Waals surface area contributed by atoms with E-state index in [0.717, 1.165) is 13.0 Å². The zero-order chi connectivity index (χ0) is 25.1. The summed E-state index contributed by atoms with van der Waals surface area (Å²) in [4.78, 5) is 59.3. The van der Waals surface area contributed by atoms with Gasteiger partial charge in [-0.05, 0) is 12.5 Å². The molecule has 0 aromatic rings. The summed E-state index contributed by atoms with van der Waals surface area (Å²) in [5.74, 6) is -3.23. The van der Waals surface area contributed by atoms with Gasteiger partial charge in [-0.2, -0.15) is 0 Å². The number of hydrogen-bond acceptors (Lipinski definition) is 9. The fourth-order valence-corrected chi connectivity index (χ4v) is 3.04. The van der Waals surface area contributed by atoms with Crippen molar-refractivity contribution in [3.05, 3.63) is 12.7 Å². The van der Waals surface area contributed by atoms with Crippen molar-refractivity contribution >= 4 is 29.6 Å². The SMILES string of the molecule is C=CC(=O)N[C@@H](CC(=O)N[C@@H]1O[C@H](COC(C)=O)[C@@H](O)[C@H](O)[C@H]1NC(C)=O)C(=O)NCCC. The number of aliphatic hydroxyl groups is 2. The summed E-state index contributed by atoms with van der Waals surface area (Å²) < 4.78 is 10.4. The lowest BCUT2D eigenvalue weighted by atomic mass is 9.95. The minimum Gasteiger partial charge on any atom is -0.463 e. The second-order valence-corrected chi connectivity index (χ2v) is 7.43. The van der Waals surface area contributed by atoms with Crippen LogP contribution in [0, 0.1) is 0 Å². The second kappa shape index (κ2) is 13.5. The van der Waals surface area contributed by atoms with E-state index in [4.69, 9.17) is 9.47 Å². The van der Waals surface area contributed by atoms with E-state index in [2.05, 4.69) is 27.8 Å². The smallest absolute Gasteiger partial charge is 0.302 e. The molecule has 0 saturated carbocycles. The Morgan fingerprint density at radius 3 is 2.33 bits per heavy atom.